The van der Waals surface area contributed by atoms with Gasteiger partial charge in [0, 0.05) is 24.7 Å². The van der Waals surface area contributed by atoms with Gasteiger partial charge in [-0.05, 0) is 33.6 Å². The van der Waals surface area contributed by atoms with E-state index in [9.17, 15) is 4.79 Å². The topological polar surface area (TPSA) is 64.2 Å². The molecule has 6 nitrogen and oxygen atoms in total. The van der Waals surface area contributed by atoms with Crippen LogP contribution in [-0.4, -0.2) is 32.3 Å². The van der Waals surface area contributed by atoms with E-state index in [4.69, 9.17) is 16.1 Å². The molecule has 0 aromatic carbocycles. The molecular formula is C16H21ClN4O2. The molecule has 0 spiro atoms. The van der Waals surface area contributed by atoms with E-state index in [0.717, 1.165) is 41.9 Å². The van der Waals surface area contributed by atoms with Crippen LogP contribution >= 0.6 is 11.6 Å². The molecule has 23 heavy (non-hydrogen) atoms. The Hall–Kier alpha value is -1.82. The Labute approximate surface area is 140 Å². The number of aryl methyl sites for hydroxylation is 4. The van der Waals surface area contributed by atoms with Crippen molar-refractivity contribution < 1.29 is 9.32 Å². The van der Waals surface area contributed by atoms with Gasteiger partial charge in [-0.1, -0.05) is 16.8 Å². The molecule has 0 aliphatic carbocycles. The molecule has 1 aliphatic heterocycles. The summed E-state index contributed by atoms with van der Waals surface area (Å²) in [5.41, 5.74) is 3.52. The van der Waals surface area contributed by atoms with Crippen LogP contribution in [0.15, 0.2) is 4.52 Å². The number of aromatic nitrogens is 3. The quantitative estimate of drug-likeness (QED) is 0.864. The van der Waals surface area contributed by atoms with Crippen LogP contribution < -0.4 is 0 Å². The molecule has 1 atom stereocenters. The SMILES string of the molecule is Cc1noc(C)c1CC(=O)N1CCCC1c1c(C)nn(C)c1Cl. The summed E-state index contributed by atoms with van der Waals surface area (Å²) in [5.74, 6) is 0.795. The fourth-order valence-electron chi connectivity index (χ4n) is 3.40. The first-order valence-electron chi connectivity index (χ1n) is 7.80. The Morgan fingerprint density at radius 2 is 2.09 bits per heavy atom. The van der Waals surface area contributed by atoms with Crippen molar-refractivity contribution in [3.63, 3.8) is 0 Å². The van der Waals surface area contributed by atoms with Crippen LogP contribution in [0.2, 0.25) is 5.15 Å². The van der Waals surface area contributed by atoms with Crippen molar-refractivity contribution in [1.29, 1.82) is 0 Å². The number of rotatable bonds is 3. The normalized spacial score (nSPS) is 18.0. The summed E-state index contributed by atoms with van der Waals surface area (Å²) >= 11 is 6.39. The molecule has 0 N–H and O–H groups in total. The third kappa shape index (κ3) is 2.76. The lowest BCUT2D eigenvalue weighted by Crippen LogP contribution is -2.32. The second kappa shape index (κ2) is 6.00. The summed E-state index contributed by atoms with van der Waals surface area (Å²) in [5, 5.41) is 8.91. The summed E-state index contributed by atoms with van der Waals surface area (Å²) in [6.07, 6.45) is 2.21. The van der Waals surface area contributed by atoms with Gasteiger partial charge in [0.25, 0.3) is 0 Å². The molecule has 7 heteroatoms. The number of hydrogen-bond donors (Lipinski definition) is 0. The van der Waals surface area contributed by atoms with Crippen molar-refractivity contribution in [1.82, 2.24) is 19.8 Å². The van der Waals surface area contributed by atoms with Gasteiger partial charge in [0.05, 0.1) is 23.9 Å². The predicted octanol–water partition coefficient (Wildman–Crippen LogP) is 2.89. The molecule has 3 rings (SSSR count). The zero-order valence-corrected chi connectivity index (χ0v) is 14.6. The molecule has 124 valence electrons. The molecule has 1 unspecified atom stereocenters. The lowest BCUT2D eigenvalue weighted by molar-refractivity contribution is -0.131. The van der Waals surface area contributed by atoms with Crippen molar-refractivity contribution in [2.45, 2.75) is 46.1 Å². The highest BCUT2D eigenvalue weighted by atomic mass is 35.5. The van der Waals surface area contributed by atoms with E-state index in [2.05, 4.69) is 10.3 Å². The standard InChI is InChI=1S/C16H21ClN4O2/c1-9-12(11(3)23-19-9)8-14(22)21-7-5-6-13(21)15-10(2)18-20(4)16(15)17/h13H,5-8H2,1-4H3. The lowest BCUT2D eigenvalue weighted by atomic mass is 10.0. The number of hydrogen-bond acceptors (Lipinski definition) is 4. The fourth-order valence-corrected chi connectivity index (χ4v) is 3.70. The monoisotopic (exact) mass is 336 g/mol. The Balaban J connectivity index is 1.85. The number of likely N-dealkylation sites (tertiary alicyclic amines) is 1. The van der Waals surface area contributed by atoms with Gasteiger partial charge in [0.2, 0.25) is 5.91 Å². The first kappa shape index (κ1) is 16.1. The molecule has 1 aliphatic rings. The Morgan fingerprint density at radius 1 is 1.35 bits per heavy atom. The van der Waals surface area contributed by atoms with Gasteiger partial charge in [0.1, 0.15) is 10.9 Å². The molecule has 0 saturated carbocycles. The third-order valence-corrected chi connectivity index (χ3v) is 5.06. The molecular weight excluding hydrogens is 316 g/mol. The van der Waals surface area contributed by atoms with E-state index < -0.39 is 0 Å². The molecule has 3 heterocycles. The minimum Gasteiger partial charge on any atom is -0.361 e. The highest BCUT2D eigenvalue weighted by Gasteiger charge is 2.34. The number of carbonyl (C=O) groups is 1. The highest BCUT2D eigenvalue weighted by molar-refractivity contribution is 6.30. The van der Waals surface area contributed by atoms with Crippen molar-refractivity contribution in [2.24, 2.45) is 7.05 Å². The van der Waals surface area contributed by atoms with Crippen molar-refractivity contribution >= 4 is 17.5 Å². The van der Waals surface area contributed by atoms with Crippen LogP contribution in [0.4, 0.5) is 0 Å². The van der Waals surface area contributed by atoms with E-state index in [1.807, 2.05) is 32.7 Å². The van der Waals surface area contributed by atoms with Crippen molar-refractivity contribution in [3.8, 4) is 0 Å². The zero-order chi connectivity index (χ0) is 16.7. The fraction of sp³-hybridized carbons (Fsp3) is 0.562. The van der Waals surface area contributed by atoms with Gasteiger partial charge in [-0.3, -0.25) is 9.48 Å². The molecule has 1 saturated heterocycles. The molecule has 0 bridgehead atoms. The van der Waals surface area contributed by atoms with Gasteiger partial charge in [-0.15, -0.1) is 0 Å². The van der Waals surface area contributed by atoms with Gasteiger partial charge < -0.3 is 9.42 Å². The maximum atomic E-state index is 12.8. The number of amides is 1. The number of carbonyl (C=O) groups excluding carboxylic acids is 1. The highest BCUT2D eigenvalue weighted by Crippen LogP contribution is 2.37. The predicted molar refractivity (Wildman–Crippen MR) is 86.3 cm³/mol. The van der Waals surface area contributed by atoms with E-state index in [1.165, 1.54) is 0 Å². The maximum absolute atomic E-state index is 12.8. The first-order chi connectivity index (χ1) is 10.9. The van der Waals surface area contributed by atoms with Crippen LogP contribution in [0.1, 0.15) is 47.2 Å². The largest absolute Gasteiger partial charge is 0.361 e. The average molecular weight is 337 g/mol. The smallest absolute Gasteiger partial charge is 0.227 e. The van der Waals surface area contributed by atoms with Crippen LogP contribution in [0.5, 0.6) is 0 Å². The van der Waals surface area contributed by atoms with Crippen LogP contribution in [-0.2, 0) is 18.3 Å². The summed E-state index contributed by atoms with van der Waals surface area (Å²) in [6, 6.07) is 0.00386. The molecule has 2 aromatic rings. The Morgan fingerprint density at radius 3 is 2.65 bits per heavy atom. The van der Waals surface area contributed by atoms with Gasteiger partial charge >= 0.3 is 0 Å². The second-order valence-corrected chi connectivity index (χ2v) is 6.50. The number of nitrogens with zero attached hydrogens (tertiary/aromatic N) is 4. The number of halogens is 1. The molecule has 2 aromatic heterocycles. The van der Waals surface area contributed by atoms with E-state index >= 15 is 0 Å². The molecule has 1 amide bonds. The minimum absolute atomic E-state index is 0.00386. The second-order valence-electron chi connectivity index (χ2n) is 6.14. The van der Waals surface area contributed by atoms with Crippen LogP contribution in [0.25, 0.3) is 0 Å². The van der Waals surface area contributed by atoms with E-state index in [0.29, 0.717) is 17.3 Å². The summed E-state index contributed by atoms with van der Waals surface area (Å²) in [6.45, 7) is 6.39. The van der Waals surface area contributed by atoms with Gasteiger partial charge in [-0.2, -0.15) is 5.10 Å². The molecule has 1 fully saturated rings. The summed E-state index contributed by atoms with van der Waals surface area (Å²) < 4.78 is 6.82. The van der Waals surface area contributed by atoms with Gasteiger partial charge in [0.15, 0.2) is 0 Å². The van der Waals surface area contributed by atoms with Crippen molar-refractivity contribution in [2.75, 3.05) is 6.54 Å². The lowest BCUT2D eigenvalue weighted by Gasteiger charge is -2.25. The molecule has 0 radical (unpaired) electrons. The first-order valence-corrected chi connectivity index (χ1v) is 8.18. The third-order valence-electron chi connectivity index (χ3n) is 4.61. The Kier molecular flexibility index (Phi) is 4.19. The zero-order valence-electron chi connectivity index (χ0n) is 13.9. The summed E-state index contributed by atoms with van der Waals surface area (Å²) in [4.78, 5) is 14.7. The van der Waals surface area contributed by atoms with Crippen LogP contribution in [0, 0.1) is 20.8 Å². The van der Waals surface area contributed by atoms with E-state index in [-0.39, 0.29) is 11.9 Å². The van der Waals surface area contributed by atoms with Crippen LogP contribution in [0.3, 0.4) is 0 Å². The minimum atomic E-state index is 0.00386. The van der Waals surface area contributed by atoms with Gasteiger partial charge in [-0.25, -0.2) is 0 Å². The Bertz CT molecular complexity index is 730. The average Bonchev–Trinajstić information content (AvgIpc) is 3.15. The summed E-state index contributed by atoms with van der Waals surface area (Å²) in [7, 11) is 1.82. The maximum Gasteiger partial charge on any atom is 0.227 e. The van der Waals surface area contributed by atoms with E-state index in [1.54, 1.807) is 4.68 Å². The van der Waals surface area contributed by atoms with Crippen molar-refractivity contribution in [3.05, 3.63) is 33.4 Å².